The van der Waals surface area contributed by atoms with Crippen LogP contribution in [0, 0.1) is 27.9 Å². The first-order valence-corrected chi connectivity index (χ1v) is 25.1. The third-order valence-corrected chi connectivity index (χ3v) is 13.9. The predicted octanol–water partition coefficient (Wildman–Crippen LogP) is 11.9. The molecule has 0 unspecified atom stereocenters. The van der Waals surface area contributed by atoms with Gasteiger partial charge in [0, 0.05) is 49.8 Å². The number of rotatable bonds is 20. The number of fused-ring (bicyclic) bond motifs is 3. The fourth-order valence-corrected chi connectivity index (χ4v) is 10.7. The molecular formula is C58H63N3O12. The average Bonchev–Trinajstić information content (AvgIpc) is 3.86. The van der Waals surface area contributed by atoms with Crippen molar-refractivity contribution in [3.05, 3.63) is 161 Å². The SMILES string of the molecule is C=CCO[C@@]12Oc3ccc(Oc4ccc(-c5ccccc5)cc4)cc3[C@H]3[C@H](CCCCO)[C@@H](CCCCO)C=C(C(=NOC(C)(C)C)C[C@@H]1N(Cc1ccc4c(c1)OCO4)C(=O)Oc1ccc([N+](=O)[O-])cc1)[C@H]32. The number of hydrogen-bond acceptors (Lipinski definition) is 13. The van der Waals surface area contributed by atoms with Crippen LogP contribution < -0.4 is 23.7 Å². The van der Waals surface area contributed by atoms with Gasteiger partial charge in [-0.3, -0.25) is 15.0 Å². The minimum absolute atomic E-state index is 0.00659. The number of amides is 1. The van der Waals surface area contributed by atoms with E-state index < -0.39 is 34.4 Å². The maximum absolute atomic E-state index is 15.3. The minimum atomic E-state index is -1.62. The van der Waals surface area contributed by atoms with E-state index in [4.69, 9.17) is 38.4 Å². The molecule has 0 radical (unpaired) electrons. The van der Waals surface area contributed by atoms with Crippen LogP contribution >= 0.6 is 0 Å². The second kappa shape index (κ2) is 22.3. The molecule has 2 aliphatic heterocycles. The number of carbonyl (C=O) groups is 1. The number of carbonyl (C=O) groups excluding carboxylic acids is 1. The molecule has 0 aromatic heterocycles. The van der Waals surface area contributed by atoms with E-state index >= 15 is 4.79 Å². The quantitative estimate of drug-likeness (QED) is 0.0326. The van der Waals surface area contributed by atoms with E-state index in [0.29, 0.717) is 52.9 Å². The van der Waals surface area contributed by atoms with Crippen molar-refractivity contribution < 1.29 is 53.2 Å². The summed E-state index contributed by atoms with van der Waals surface area (Å²) in [5, 5.41) is 36.7. The van der Waals surface area contributed by atoms with Crippen LogP contribution in [0.4, 0.5) is 10.5 Å². The first-order chi connectivity index (χ1) is 35.4. The summed E-state index contributed by atoms with van der Waals surface area (Å²) in [6.07, 6.45) is 7.51. The molecule has 382 valence electrons. The number of unbranched alkanes of at least 4 members (excludes halogenated alkanes) is 2. The number of ether oxygens (including phenoxy) is 6. The molecule has 15 heteroatoms. The van der Waals surface area contributed by atoms with Gasteiger partial charge in [-0.05, 0) is 135 Å². The Hall–Kier alpha value is -7.20. The Labute approximate surface area is 425 Å². The Morgan fingerprint density at radius 3 is 2.25 bits per heavy atom. The third-order valence-electron chi connectivity index (χ3n) is 13.9. The molecule has 5 aromatic carbocycles. The Morgan fingerprint density at radius 1 is 0.849 bits per heavy atom. The number of benzene rings is 5. The minimum Gasteiger partial charge on any atom is -0.459 e. The van der Waals surface area contributed by atoms with Crippen molar-refractivity contribution in [3.8, 4) is 45.6 Å². The van der Waals surface area contributed by atoms with Crippen LogP contribution in [-0.4, -0.2) is 75.9 Å². The molecule has 2 N–H and O–H groups in total. The van der Waals surface area contributed by atoms with E-state index in [1.54, 1.807) is 17.0 Å². The first kappa shape index (κ1) is 50.7. The van der Waals surface area contributed by atoms with Gasteiger partial charge in [0.25, 0.3) is 5.69 Å². The van der Waals surface area contributed by atoms with Crippen molar-refractivity contribution >= 4 is 17.5 Å². The van der Waals surface area contributed by atoms with Gasteiger partial charge in [-0.2, -0.15) is 0 Å². The zero-order valence-corrected chi connectivity index (χ0v) is 41.5. The number of aliphatic hydroxyl groups is 2. The Morgan fingerprint density at radius 2 is 1.53 bits per heavy atom. The van der Waals surface area contributed by atoms with Crippen molar-refractivity contribution in [1.82, 2.24) is 4.90 Å². The molecule has 15 nitrogen and oxygen atoms in total. The molecule has 5 aromatic rings. The number of allylic oxidation sites excluding steroid dienone is 1. The van der Waals surface area contributed by atoms with Gasteiger partial charge in [-0.1, -0.05) is 78.7 Å². The van der Waals surface area contributed by atoms with Gasteiger partial charge in [0.2, 0.25) is 12.6 Å². The number of hydrogen-bond donors (Lipinski definition) is 2. The van der Waals surface area contributed by atoms with Crippen LogP contribution in [0.25, 0.3) is 11.1 Å². The summed E-state index contributed by atoms with van der Waals surface area (Å²) in [6.45, 7) is 10.0. The number of oxime groups is 1. The van der Waals surface area contributed by atoms with E-state index in [1.165, 1.54) is 24.3 Å². The monoisotopic (exact) mass is 993 g/mol. The molecule has 2 aliphatic carbocycles. The zero-order valence-electron chi connectivity index (χ0n) is 41.5. The van der Waals surface area contributed by atoms with Gasteiger partial charge in [0.1, 0.15) is 34.6 Å². The van der Waals surface area contributed by atoms with Gasteiger partial charge in [0.05, 0.1) is 23.2 Å². The average molecular weight is 994 g/mol. The summed E-state index contributed by atoms with van der Waals surface area (Å²) in [5.41, 5.74) is 4.35. The second-order valence-electron chi connectivity index (χ2n) is 19.9. The molecule has 6 atom stereocenters. The number of aliphatic hydroxyl groups excluding tert-OH is 2. The fourth-order valence-electron chi connectivity index (χ4n) is 10.7. The van der Waals surface area contributed by atoms with E-state index in [9.17, 15) is 20.3 Å². The summed E-state index contributed by atoms with van der Waals surface area (Å²) < 4.78 is 38.9. The first-order valence-electron chi connectivity index (χ1n) is 25.1. The van der Waals surface area contributed by atoms with Crippen molar-refractivity contribution in [3.63, 3.8) is 0 Å². The highest BCUT2D eigenvalue weighted by molar-refractivity contribution is 6.03. The van der Waals surface area contributed by atoms with Crippen LogP contribution in [0.3, 0.4) is 0 Å². The lowest BCUT2D eigenvalue weighted by Gasteiger charge is -2.60. The third kappa shape index (κ3) is 11.2. The van der Waals surface area contributed by atoms with Gasteiger partial charge in [0.15, 0.2) is 11.5 Å². The number of nitro benzene ring substituents is 1. The molecule has 0 saturated heterocycles. The lowest BCUT2D eigenvalue weighted by atomic mass is 9.55. The van der Waals surface area contributed by atoms with Crippen LogP contribution in [0.2, 0.25) is 0 Å². The van der Waals surface area contributed by atoms with Gasteiger partial charge in [-0.15, -0.1) is 6.58 Å². The van der Waals surface area contributed by atoms with Crippen molar-refractivity contribution in [2.75, 3.05) is 26.6 Å². The molecule has 0 spiro atoms. The summed E-state index contributed by atoms with van der Waals surface area (Å²) in [5.74, 6) is 0.348. The van der Waals surface area contributed by atoms with E-state index in [0.717, 1.165) is 47.9 Å². The molecule has 2 heterocycles. The summed E-state index contributed by atoms with van der Waals surface area (Å²) in [4.78, 5) is 34.3. The highest BCUT2D eigenvalue weighted by Gasteiger charge is 2.66. The Kier molecular flexibility index (Phi) is 15.5. The lowest BCUT2D eigenvalue weighted by Crippen LogP contribution is -2.70. The Balaban J connectivity index is 1.22. The number of nitro groups is 1. The molecule has 1 fully saturated rings. The maximum atomic E-state index is 15.3. The summed E-state index contributed by atoms with van der Waals surface area (Å²) in [6, 6.07) is 33.8. The normalized spacial score (nSPS) is 22.0. The number of non-ortho nitro benzene ring substituents is 1. The fraction of sp³-hybridized carbons (Fsp3) is 0.379. The van der Waals surface area contributed by atoms with Gasteiger partial charge >= 0.3 is 6.09 Å². The van der Waals surface area contributed by atoms with E-state index in [-0.39, 0.29) is 68.8 Å². The molecule has 73 heavy (non-hydrogen) atoms. The number of nitrogens with zero attached hydrogens (tertiary/aromatic N) is 3. The molecule has 1 saturated carbocycles. The summed E-state index contributed by atoms with van der Waals surface area (Å²) in [7, 11) is 0. The second-order valence-corrected chi connectivity index (χ2v) is 19.9. The lowest BCUT2D eigenvalue weighted by molar-refractivity contribution is -0.384. The summed E-state index contributed by atoms with van der Waals surface area (Å²) >= 11 is 0. The van der Waals surface area contributed by atoms with Gasteiger partial charge in [-0.25, -0.2) is 4.79 Å². The van der Waals surface area contributed by atoms with Gasteiger partial charge < -0.3 is 43.5 Å². The highest BCUT2D eigenvalue weighted by atomic mass is 16.7. The smallest absolute Gasteiger partial charge is 0.416 e. The van der Waals surface area contributed by atoms with Crippen molar-refractivity contribution in [2.24, 2.45) is 22.9 Å². The van der Waals surface area contributed by atoms with E-state index in [2.05, 4.69) is 30.9 Å². The molecule has 9 rings (SSSR count). The highest BCUT2D eigenvalue weighted by Crippen LogP contribution is 2.62. The standard InChI is InChI=1S/C58H63N3O12/c1-5-31-69-58-53(60(36-38-17-27-51-52(32-38)68-37-67-51)56(64)71-44-24-20-42(21-25-44)61(65)66)35-49(59-73-57(2,3)4)47-33-41(15-9-11-29-62)46(16-10-12-30-63)54(55(47)58)48-34-45(26-28-50(48)72-58)70-43-22-18-40(19-23-43)39-13-7-6-8-14-39/h5-8,13-14,17-28,32-34,41,46,53-55,62-63H,1,9-12,15-16,29-31,35-37H2,2-4H3/t41-,46+,53-,54+,55+,58+/m0/s1. The molecular weight excluding hydrogens is 931 g/mol. The zero-order chi connectivity index (χ0) is 51.1. The van der Waals surface area contributed by atoms with Crippen LogP contribution in [0.1, 0.15) is 82.8 Å². The van der Waals surface area contributed by atoms with Crippen molar-refractivity contribution in [2.45, 2.75) is 95.6 Å². The van der Waals surface area contributed by atoms with Crippen molar-refractivity contribution in [1.29, 1.82) is 0 Å². The molecule has 0 bridgehead atoms. The topological polar surface area (TPSA) is 181 Å². The Bertz CT molecular complexity index is 2810. The predicted molar refractivity (Wildman–Crippen MR) is 275 cm³/mol. The van der Waals surface area contributed by atoms with Crippen LogP contribution in [0.15, 0.2) is 145 Å². The molecule has 1 amide bonds. The maximum Gasteiger partial charge on any atom is 0.416 e. The largest absolute Gasteiger partial charge is 0.459 e. The van der Waals surface area contributed by atoms with Crippen LogP contribution in [-0.2, 0) is 16.1 Å². The molecule has 4 aliphatic rings. The van der Waals surface area contributed by atoms with Crippen LogP contribution in [0.5, 0.6) is 34.5 Å². The van der Waals surface area contributed by atoms with E-state index in [1.807, 2.05) is 87.5 Å².